The first-order chi connectivity index (χ1) is 12.6. The second-order valence-electron chi connectivity index (χ2n) is 6.23. The molecule has 0 unspecified atom stereocenters. The van der Waals surface area contributed by atoms with Gasteiger partial charge < -0.3 is 9.88 Å². The molecule has 5 heteroatoms. The molecule has 2 aromatic carbocycles. The Bertz CT molecular complexity index is 1060. The average Bonchev–Trinajstić information content (AvgIpc) is 3.21. The second-order valence-corrected chi connectivity index (χ2v) is 7.62. The second kappa shape index (κ2) is 6.98. The van der Waals surface area contributed by atoms with Gasteiger partial charge in [0.25, 0.3) is 5.91 Å². The number of halogens is 1. The van der Waals surface area contributed by atoms with Crippen molar-refractivity contribution in [2.75, 3.05) is 5.32 Å². The van der Waals surface area contributed by atoms with Crippen molar-refractivity contribution < 1.29 is 4.79 Å². The van der Waals surface area contributed by atoms with E-state index in [1.807, 2.05) is 6.07 Å². The largest absolute Gasteiger partial charge is 0.331 e. The third kappa shape index (κ3) is 3.39. The Balaban J connectivity index is 1.67. The van der Waals surface area contributed by atoms with Crippen molar-refractivity contribution in [2.45, 2.75) is 13.5 Å². The van der Waals surface area contributed by atoms with Crippen LogP contribution in [0.1, 0.15) is 21.6 Å². The van der Waals surface area contributed by atoms with Crippen LogP contribution in [0.4, 0.5) is 5.69 Å². The maximum Gasteiger partial charge on any atom is 0.272 e. The van der Waals surface area contributed by atoms with Crippen molar-refractivity contribution in [1.29, 1.82) is 0 Å². The molecular weight excluding hydrogens is 364 g/mol. The predicted molar refractivity (Wildman–Crippen MR) is 110 cm³/mol. The lowest BCUT2D eigenvalue weighted by Crippen LogP contribution is -2.17. The van der Waals surface area contributed by atoms with Gasteiger partial charge in [0.1, 0.15) is 5.69 Å². The molecule has 4 aromatic rings. The molecule has 26 heavy (non-hydrogen) atoms. The standard InChI is InChI=1S/C21H17ClN2OS/c1-14-2-4-15(5-3-14)13-24-18-10-11-26-20(18)12-19(24)21(25)23-17-8-6-16(22)7-9-17/h2-12H,13H2,1H3,(H,23,25). The van der Waals surface area contributed by atoms with Gasteiger partial charge in [-0.25, -0.2) is 0 Å². The van der Waals surface area contributed by atoms with Gasteiger partial charge >= 0.3 is 0 Å². The first kappa shape index (κ1) is 16.9. The predicted octanol–water partition coefficient (Wildman–Crippen LogP) is 5.97. The van der Waals surface area contributed by atoms with Crippen LogP contribution in [0.25, 0.3) is 10.2 Å². The van der Waals surface area contributed by atoms with Crippen molar-refractivity contribution in [1.82, 2.24) is 4.57 Å². The molecule has 3 nitrogen and oxygen atoms in total. The molecule has 130 valence electrons. The van der Waals surface area contributed by atoms with Crippen LogP contribution in [-0.2, 0) is 6.54 Å². The number of carbonyl (C=O) groups excluding carboxylic acids is 1. The average molecular weight is 381 g/mol. The summed E-state index contributed by atoms with van der Waals surface area (Å²) in [5.41, 5.74) is 4.85. The molecule has 0 atom stereocenters. The summed E-state index contributed by atoms with van der Waals surface area (Å²) in [4.78, 5) is 12.9. The van der Waals surface area contributed by atoms with Crippen LogP contribution in [0.3, 0.4) is 0 Å². The molecule has 1 amide bonds. The van der Waals surface area contributed by atoms with Crippen molar-refractivity contribution in [3.8, 4) is 0 Å². The van der Waals surface area contributed by atoms with Crippen molar-refractivity contribution in [3.63, 3.8) is 0 Å². The minimum Gasteiger partial charge on any atom is -0.331 e. The zero-order valence-electron chi connectivity index (χ0n) is 14.2. The number of rotatable bonds is 4. The number of benzene rings is 2. The van der Waals surface area contributed by atoms with Gasteiger partial charge in [0, 0.05) is 17.3 Å². The Hall–Kier alpha value is -2.56. The van der Waals surface area contributed by atoms with E-state index >= 15 is 0 Å². The number of hydrogen-bond acceptors (Lipinski definition) is 2. The van der Waals surface area contributed by atoms with Crippen molar-refractivity contribution in [2.24, 2.45) is 0 Å². The number of aryl methyl sites for hydroxylation is 1. The zero-order chi connectivity index (χ0) is 18.1. The minimum atomic E-state index is -0.122. The van der Waals surface area contributed by atoms with Gasteiger partial charge in [0.05, 0.1) is 10.2 Å². The molecule has 0 aliphatic rings. The molecule has 0 radical (unpaired) electrons. The normalized spacial score (nSPS) is 11.0. The van der Waals surface area contributed by atoms with Gasteiger partial charge in [0.2, 0.25) is 0 Å². The van der Waals surface area contributed by atoms with Crippen LogP contribution < -0.4 is 5.32 Å². The Morgan fingerprint density at radius 3 is 2.54 bits per heavy atom. The number of thiophene rings is 1. The Morgan fingerprint density at radius 2 is 1.81 bits per heavy atom. The molecule has 0 aliphatic heterocycles. The van der Waals surface area contributed by atoms with Crippen LogP contribution in [0.2, 0.25) is 5.02 Å². The van der Waals surface area contributed by atoms with Gasteiger partial charge in [-0.3, -0.25) is 4.79 Å². The number of nitrogens with zero attached hydrogens (tertiary/aromatic N) is 1. The number of aromatic nitrogens is 1. The van der Waals surface area contributed by atoms with Gasteiger partial charge in [-0.1, -0.05) is 41.4 Å². The molecule has 1 N–H and O–H groups in total. The van der Waals surface area contributed by atoms with E-state index in [-0.39, 0.29) is 5.91 Å². The highest BCUT2D eigenvalue weighted by Gasteiger charge is 2.17. The molecule has 0 saturated heterocycles. The smallest absolute Gasteiger partial charge is 0.272 e. The van der Waals surface area contributed by atoms with Gasteiger partial charge in [-0.2, -0.15) is 0 Å². The highest BCUT2D eigenvalue weighted by molar-refractivity contribution is 7.17. The molecule has 0 saturated carbocycles. The third-order valence-electron chi connectivity index (χ3n) is 4.32. The molecule has 2 aromatic heterocycles. The van der Waals surface area contributed by atoms with E-state index in [2.05, 4.69) is 52.5 Å². The molecule has 4 rings (SSSR count). The van der Waals surface area contributed by atoms with E-state index in [1.54, 1.807) is 35.6 Å². The topological polar surface area (TPSA) is 34.0 Å². The molecule has 0 fully saturated rings. The van der Waals surface area contributed by atoms with Crippen molar-refractivity contribution in [3.05, 3.63) is 87.9 Å². The van der Waals surface area contributed by atoms with Crippen LogP contribution in [0.15, 0.2) is 66.0 Å². The number of nitrogens with one attached hydrogen (secondary N) is 1. The Kier molecular flexibility index (Phi) is 4.53. The molecular formula is C21H17ClN2OS. The lowest BCUT2D eigenvalue weighted by Gasteiger charge is -2.11. The number of amides is 1. The summed E-state index contributed by atoms with van der Waals surface area (Å²) in [5, 5.41) is 5.66. The fraction of sp³-hybridized carbons (Fsp3) is 0.0952. The quantitative estimate of drug-likeness (QED) is 0.465. The maximum atomic E-state index is 12.9. The summed E-state index contributed by atoms with van der Waals surface area (Å²) in [5.74, 6) is -0.122. The third-order valence-corrected chi connectivity index (χ3v) is 5.42. The summed E-state index contributed by atoms with van der Waals surface area (Å²) < 4.78 is 3.18. The van der Waals surface area contributed by atoms with Crippen LogP contribution in [-0.4, -0.2) is 10.5 Å². The van der Waals surface area contributed by atoms with Gasteiger partial charge in [-0.15, -0.1) is 11.3 Å². The summed E-state index contributed by atoms with van der Waals surface area (Å²) in [7, 11) is 0. The summed E-state index contributed by atoms with van der Waals surface area (Å²) in [6.45, 7) is 2.73. The van der Waals surface area contributed by atoms with E-state index in [0.717, 1.165) is 15.9 Å². The summed E-state index contributed by atoms with van der Waals surface area (Å²) in [6.07, 6.45) is 0. The van der Waals surface area contributed by atoms with E-state index in [9.17, 15) is 4.79 Å². The fourth-order valence-corrected chi connectivity index (χ4v) is 3.89. The highest BCUT2D eigenvalue weighted by atomic mass is 35.5. The molecule has 2 heterocycles. The van der Waals surface area contributed by atoms with E-state index in [0.29, 0.717) is 17.3 Å². The van der Waals surface area contributed by atoms with Crippen molar-refractivity contribution >= 4 is 44.7 Å². The van der Waals surface area contributed by atoms with E-state index in [4.69, 9.17) is 11.6 Å². The maximum absolute atomic E-state index is 12.9. The number of anilines is 1. The van der Waals surface area contributed by atoms with Crippen LogP contribution >= 0.6 is 22.9 Å². The van der Waals surface area contributed by atoms with Crippen LogP contribution in [0.5, 0.6) is 0 Å². The molecule has 0 spiro atoms. The molecule has 0 aliphatic carbocycles. The lowest BCUT2D eigenvalue weighted by atomic mass is 10.1. The van der Waals surface area contributed by atoms with E-state index < -0.39 is 0 Å². The summed E-state index contributed by atoms with van der Waals surface area (Å²) in [6, 6.07) is 19.6. The first-order valence-corrected chi connectivity index (χ1v) is 9.55. The zero-order valence-corrected chi connectivity index (χ0v) is 15.8. The number of fused-ring (bicyclic) bond motifs is 1. The fourth-order valence-electron chi connectivity index (χ4n) is 2.94. The van der Waals surface area contributed by atoms with Crippen LogP contribution in [0, 0.1) is 6.92 Å². The van der Waals surface area contributed by atoms with Gasteiger partial charge in [0.15, 0.2) is 0 Å². The number of carbonyl (C=O) groups is 1. The SMILES string of the molecule is Cc1ccc(Cn2c(C(=O)Nc3ccc(Cl)cc3)cc3sccc32)cc1. The number of hydrogen-bond donors (Lipinski definition) is 1. The van der Waals surface area contributed by atoms with Gasteiger partial charge in [-0.05, 0) is 54.3 Å². The first-order valence-electron chi connectivity index (χ1n) is 8.29. The highest BCUT2D eigenvalue weighted by Crippen LogP contribution is 2.27. The Labute approximate surface area is 160 Å². The minimum absolute atomic E-state index is 0.122. The van der Waals surface area contributed by atoms with E-state index in [1.165, 1.54) is 11.1 Å². The Morgan fingerprint density at radius 1 is 1.08 bits per heavy atom. The summed E-state index contributed by atoms with van der Waals surface area (Å²) >= 11 is 7.56. The molecule has 0 bridgehead atoms. The monoisotopic (exact) mass is 380 g/mol. The lowest BCUT2D eigenvalue weighted by molar-refractivity contribution is 0.101.